The molecule has 0 radical (unpaired) electrons. The standard InChI is InChI=1S/C31H28Cl3N3O4S/c1-35-31(39)29(18-22-8-4-2-5-9-22)36(20-23-12-13-25(33)19-28(23)34)30(38)21-37(26-10-6-3-7-11-26)42(40,41)27-16-14-24(32)15-17-27/h2-17,19,29H,18,20-21H2,1H3,(H,35,39)/t29-/m1/s1. The minimum Gasteiger partial charge on any atom is -0.357 e. The first-order chi connectivity index (χ1) is 20.1. The number of nitrogens with one attached hydrogen (secondary N) is 1. The molecule has 1 atom stereocenters. The summed E-state index contributed by atoms with van der Waals surface area (Å²) in [6.07, 6.45) is 0.187. The highest BCUT2D eigenvalue weighted by molar-refractivity contribution is 7.92. The molecule has 0 aromatic heterocycles. The number of para-hydroxylation sites is 1. The summed E-state index contributed by atoms with van der Waals surface area (Å²) < 4.78 is 28.8. The number of rotatable bonds is 11. The van der Waals surface area contributed by atoms with Crippen molar-refractivity contribution < 1.29 is 18.0 Å². The largest absolute Gasteiger partial charge is 0.357 e. The quantitative estimate of drug-likeness (QED) is 0.210. The molecule has 7 nitrogen and oxygen atoms in total. The van der Waals surface area contributed by atoms with E-state index in [0.29, 0.717) is 20.6 Å². The third-order valence-corrected chi connectivity index (χ3v) is 9.22. The van der Waals surface area contributed by atoms with Crippen LogP contribution in [0.2, 0.25) is 15.1 Å². The van der Waals surface area contributed by atoms with Gasteiger partial charge in [0.25, 0.3) is 10.0 Å². The van der Waals surface area contributed by atoms with Crippen LogP contribution in [0.3, 0.4) is 0 Å². The number of benzene rings is 4. The predicted molar refractivity (Wildman–Crippen MR) is 167 cm³/mol. The fourth-order valence-electron chi connectivity index (χ4n) is 4.41. The summed E-state index contributed by atoms with van der Waals surface area (Å²) >= 11 is 18.6. The Morgan fingerprint density at radius 2 is 1.40 bits per heavy atom. The fraction of sp³-hybridized carbons (Fsp3) is 0.161. The summed E-state index contributed by atoms with van der Waals surface area (Å²) in [7, 11) is -2.73. The smallest absolute Gasteiger partial charge is 0.264 e. The van der Waals surface area contributed by atoms with Gasteiger partial charge in [-0.1, -0.05) is 89.4 Å². The number of hydrogen-bond donors (Lipinski definition) is 1. The Morgan fingerprint density at radius 3 is 2.00 bits per heavy atom. The second-order valence-corrected chi connectivity index (χ2v) is 12.5. The second-order valence-electron chi connectivity index (χ2n) is 9.38. The van der Waals surface area contributed by atoms with E-state index in [4.69, 9.17) is 34.8 Å². The molecule has 1 N–H and O–H groups in total. The number of sulfonamides is 1. The van der Waals surface area contributed by atoms with Gasteiger partial charge in [0.05, 0.1) is 10.6 Å². The van der Waals surface area contributed by atoms with Crippen molar-refractivity contribution in [2.24, 2.45) is 0 Å². The molecule has 4 aromatic rings. The number of nitrogens with zero attached hydrogens (tertiary/aromatic N) is 2. The van der Waals surface area contributed by atoms with E-state index in [2.05, 4.69) is 5.32 Å². The Bertz CT molecular complexity index is 1640. The van der Waals surface area contributed by atoms with Crippen LogP contribution in [0.4, 0.5) is 5.69 Å². The predicted octanol–water partition coefficient (Wildman–Crippen LogP) is 6.23. The van der Waals surface area contributed by atoms with Crippen molar-refractivity contribution in [3.63, 3.8) is 0 Å². The molecule has 0 aliphatic rings. The Kier molecular flexibility index (Phi) is 10.5. The van der Waals surface area contributed by atoms with Crippen LogP contribution in [0, 0.1) is 0 Å². The summed E-state index contributed by atoms with van der Waals surface area (Å²) in [6, 6.07) is 27.1. The summed E-state index contributed by atoms with van der Waals surface area (Å²) in [6.45, 7) is -0.647. The van der Waals surface area contributed by atoms with Crippen molar-refractivity contribution in [3.05, 3.63) is 129 Å². The number of carbonyl (C=O) groups excluding carboxylic acids is 2. The molecule has 0 saturated carbocycles. The lowest BCUT2D eigenvalue weighted by Crippen LogP contribution is -2.53. The van der Waals surface area contributed by atoms with Crippen molar-refractivity contribution in [1.82, 2.24) is 10.2 Å². The monoisotopic (exact) mass is 643 g/mol. The van der Waals surface area contributed by atoms with E-state index in [9.17, 15) is 18.0 Å². The minimum atomic E-state index is -4.21. The van der Waals surface area contributed by atoms with Crippen LogP contribution in [0.15, 0.2) is 108 Å². The van der Waals surface area contributed by atoms with Gasteiger partial charge in [-0.3, -0.25) is 13.9 Å². The van der Waals surface area contributed by atoms with Crippen LogP contribution in [0.25, 0.3) is 0 Å². The minimum absolute atomic E-state index is 0.0389. The molecule has 0 fully saturated rings. The Hall–Kier alpha value is -3.56. The number of anilines is 1. The van der Waals surface area contributed by atoms with Gasteiger partial charge >= 0.3 is 0 Å². The first kappa shape index (κ1) is 31.4. The SMILES string of the molecule is CNC(=O)[C@@H](Cc1ccccc1)N(Cc1ccc(Cl)cc1Cl)C(=O)CN(c1ccccc1)S(=O)(=O)c1ccc(Cl)cc1. The summed E-state index contributed by atoms with van der Waals surface area (Å²) in [4.78, 5) is 28.9. The van der Waals surface area contributed by atoms with Gasteiger partial charge in [-0.05, 0) is 59.7 Å². The van der Waals surface area contributed by atoms with Crippen LogP contribution in [-0.4, -0.2) is 44.8 Å². The molecule has 0 aliphatic heterocycles. The van der Waals surface area contributed by atoms with Gasteiger partial charge in [0.1, 0.15) is 12.6 Å². The number of amides is 2. The molecule has 11 heteroatoms. The molecule has 42 heavy (non-hydrogen) atoms. The Labute approximate surface area is 260 Å². The fourth-order valence-corrected chi connectivity index (χ4v) is 6.42. The summed E-state index contributed by atoms with van der Waals surface area (Å²) in [5.41, 5.74) is 1.65. The first-order valence-corrected chi connectivity index (χ1v) is 15.5. The van der Waals surface area contributed by atoms with Gasteiger partial charge in [-0.15, -0.1) is 0 Å². The lowest BCUT2D eigenvalue weighted by molar-refractivity contribution is -0.139. The van der Waals surface area contributed by atoms with Crippen LogP contribution in [-0.2, 0) is 32.6 Å². The van der Waals surface area contributed by atoms with E-state index < -0.39 is 34.4 Å². The Balaban J connectivity index is 1.79. The molecular formula is C31H28Cl3N3O4S. The van der Waals surface area contributed by atoms with Crippen molar-refractivity contribution in [2.45, 2.75) is 23.9 Å². The van der Waals surface area contributed by atoms with Crippen molar-refractivity contribution in [3.8, 4) is 0 Å². The molecule has 218 valence electrons. The second kappa shape index (κ2) is 14.1. The van der Waals surface area contributed by atoms with Crippen molar-refractivity contribution in [1.29, 1.82) is 0 Å². The van der Waals surface area contributed by atoms with Crippen molar-refractivity contribution >= 4 is 62.3 Å². The molecule has 0 heterocycles. The van der Waals surface area contributed by atoms with Gasteiger partial charge in [-0.2, -0.15) is 0 Å². The molecule has 2 amide bonds. The maximum absolute atomic E-state index is 14.2. The zero-order valence-electron chi connectivity index (χ0n) is 22.6. The molecule has 0 aliphatic carbocycles. The third-order valence-electron chi connectivity index (χ3n) is 6.60. The number of carbonyl (C=O) groups is 2. The van der Waals surface area contributed by atoms with E-state index in [-0.39, 0.29) is 23.5 Å². The van der Waals surface area contributed by atoms with E-state index in [1.165, 1.54) is 36.2 Å². The first-order valence-electron chi connectivity index (χ1n) is 12.9. The molecule has 0 spiro atoms. The molecule has 4 rings (SSSR count). The summed E-state index contributed by atoms with van der Waals surface area (Å²) in [5.74, 6) is -1.02. The summed E-state index contributed by atoms with van der Waals surface area (Å²) in [5, 5.41) is 3.74. The molecule has 0 bridgehead atoms. The van der Waals surface area contributed by atoms with E-state index in [1.807, 2.05) is 30.3 Å². The average molecular weight is 645 g/mol. The maximum atomic E-state index is 14.2. The third kappa shape index (κ3) is 7.63. The normalized spacial score (nSPS) is 11.9. The van der Waals surface area contributed by atoms with Crippen molar-refractivity contribution in [2.75, 3.05) is 17.9 Å². The van der Waals surface area contributed by atoms with E-state index in [0.717, 1.165) is 9.87 Å². The molecule has 4 aromatic carbocycles. The highest BCUT2D eigenvalue weighted by Crippen LogP contribution is 2.27. The number of halogens is 3. The average Bonchev–Trinajstić information content (AvgIpc) is 2.99. The number of likely N-dealkylation sites (N-methyl/N-ethyl adjacent to an activating group) is 1. The maximum Gasteiger partial charge on any atom is 0.264 e. The van der Waals surface area contributed by atoms with Crippen LogP contribution in [0.5, 0.6) is 0 Å². The van der Waals surface area contributed by atoms with Crippen LogP contribution < -0.4 is 9.62 Å². The Morgan fingerprint density at radius 1 is 0.810 bits per heavy atom. The van der Waals surface area contributed by atoms with Crippen LogP contribution >= 0.6 is 34.8 Å². The van der Waals surface area contributed by atoms with Gasteiger partial charge in [0.2, 0.25) is 11.8 Å². The molecule has 0 saturated heterocycles. The van der Waals surface area contributed by atoms with Gasteiger partial charge in [0, 0.05) is 35.1 Å². The molecule has 0 unspecified atom stereocenters. The number of hydrogen-bond acceptors (Lipinski definition) is 4. The van der Waals surface area contributed by atoms with Gasteiger partial charge < -0.3 is 10.2 Å². The highest BCUT2D eigenvalue weighted by Gasteiger charge is 2.34. The van der Waals surface area contributed by atoms with Crippen LogP contribution in [0.1, 0.15) is 11.1 Å². The zero-order chi connectivity index (χ0) is 30.3. The molecular weight excluding hydrogens is 617 g/mol. The highest BCUT2D eigenvalue weighted by atomic mass is 35.5. The van der Waals surface area contributed by atoms with Gasteiger partial charge in [0.15, 0.2) is 0 Å². The van der Waals surface area contributed by atoms with E-state index >= 15 is 0 Å². The topological polar surface area (TPSA) is 86.8 Å². The van der Waals surface area contributed by atoms with Gasteiger partial charge in [-0.25, -0.2) is 8.42 Å². The lowest BCUT2D eigenvalue weighted by Gasteiger charge is -2.33. The van der Waals surface area contributed by atoms with E-state index in [1.54, 1.807) is 48.5 Å². The zero-order valence-corrected chi connectivity index (χ0v) is 25.7. The lowest BCUT2D eigenvalue weighted by atomic mass is 10.0.